The van der Waals surface area contributed by atoms with Gasteiger partial charge in [-0.25, -0.2) is 0 Å². The van der Waals surface area contributed by atoms with Crippen molar-refractivity contribution in [1.82, 2.24) is 9.78 Å². The third kappa shape index (κ3) is 2.83. The zero-order valence-electron chi connectivity index (χ0n) is 11.8. The van der Waals surface area contributed by atoms with Crippen LogP contribution in [0.15, 0.2) is 24.3 Å². The average Bonchev–Trinajstić information content (AvgIpc) is 2.73. The summed E-state index contributed by atoms with van der Waals surface area (Å²) in [5.74, 6) is -0.0264. The van der Waals surface area contributed by atoms with Crippen LogP contribution < -0.4 is 10.1 Å². The first kappa shape index (κ1) is 14.5. The summed E-state index contributed by atoms with van der Waals surface area (Å²) in [4.78, 5) is 22.7. The molecule has 2 aromatic rings. The Bertz CT molecular complexity index is 708. The van der Waals surface area contributed by atoms with Gasteiger partial charge in [0.25, 0.3) is 5.91 Å². The highest BCUT2D eigenvalue weighted by atomic mass is 16.6. The van der Waals surface area contributed by atoms with Crippen LogP contribution in [0.3, 0.4) is 0 Å². The SMILES string of the molecule is COc1cccc(NC(=O)c2c([N+](=O)[O-])c(C)nn2C)c1. The van der Waals surface area contributed by atoms with E-state index in [0.29, 0.717) is 11.4 Å². The number of hydrogen-bond acceptors (Lipinski definition) is 5. The van der Waals surface area contributed by atoms with Crippen molar-refractivity contribution in [1.29, 1.82) is 0 Å². The highest BCUT2D eigenvalue weighted by molar-refractivity contribution is 6.06. The Labute approximate surface area is 120 Å². The molecule has 0 aliphatic rings. The second-order valence-electron chi connectivity index (χ2n) is 4.35. The number of methoxy groups -OCH3 is 1. The number of nitrogens with zero attached hydrogens (tertiary/aromatic N) is 3. The molecule has 0 saturated heterocycles. The number of ether oxygens (including phenoxy) is 1. The van der Waals surface area contributed by atoms with Crippen molar-refractivity contribution in [3.63, 3.8) is 0 Å². The molecule has 0 fully saturated rings. The Morgan fingerprint density at radius 1 is 1.48 bits per heavy atom. The molecule has 0 bridgehead atoms. The lowest BCUT2D eigenvalue weighted by Crippen LogP contribution is -2.17. The van der Waals surface area contributed by atoms with Crippen molar-refractivity contribution in [3.8, 4) is 5.75 Å². The summed E-state index contributed by atoms with van der Waals surface area (Å²) in [6.45, 7) is 1.49. The Hall–Kier alpha value is -2.90. The Morgan fingerprint density at radius 2 is 2.19 bits per heavy atom. The molecule has 1 heterocycles. The van der Waals surface area contributed by atoms with Gasteiger partial charge < -0.3 is 10.1 Å². The van der Waals surface area contributed by atoms with Gasteiger partial charge in [0.15, 0.2) is 0 Å². The number of hydrogen-bond donors (Lipinski definition) is 1. The molecule has 2 rings (SSSR count). The number of nitro groups is 1. The molecule has 0 saturated carbocycles. The van der Waals surface area contributed by atoms with Crippen LogP contribution in [0.5, 0.6) is 5.75 Å². The van der Waals surface area contributed by atoms with Crippen LogP contribution in [-0.2, 0) is 7.05 Å². The Balaban J connectivity index is 2.34. The van der Waals surface area contributed by atoms with Gasteiger partial charge in [0, 0.05) is 18.8 Å². The van der Waals surface area contributed by atoms with Crippen molar-refractivity contribution in [2.24, 2.45) is 7.05 Å². The molecule has 0 aliphatic carbocycles. The van der Waals surface area contributed by atoms with Crippen LogP contribution in [-0.4, -0.2) is 27.7 Å². The van der Waals surface area contributed by atoms with E-state index in [9.17, 15) is 14.9 Å². The normalized spacial score (nSPS) is 10.2. The fourth-order valence-electron chi connectivity index (χ4n) is 2.01. The summed E-state index contributed by atoms with van der Waals surface area (Å²) in [6.07, 6.45) is 0. The summed E-state index contributed by atoms with van der Waals surface area (Å²) in [5.41, 5.74) is 0.281. The van der Waals surface area contributed by atoms with E-state index in [1.54, 1.807) is 24.3 Å². The Kier molecular flexibility index (Phi) is 3.88. The Morgan fingerprint density at radius 3 is 2.81 bits per heavy atom. The molecule has 21 heavy (non-hydrogen) atoms. The number of amides is 1. The molecule has 0 spiro atoms. The minimum Gasteiger partial charge on any atom is -0.497 e. The lowest BCUT2D eigenvalue weighted by atomic mass is 10.2. The molecule has 0 aliphatic heterocycles. The fourth-order valence-corrected chi connectivity index (χ4v) is 2.01. The first-order valence-electron chi connectivity index (χ1n) is 6.07. The summed E-state index contributed by atoms with van der Waals surface area (Å²) < 4.78 is 6.25. The van der Waals surface area contributed by atoms with Gasteiger partial charge in [0.1, 0.15) is 11.4 Å². The highest BCUT2D eigenvalue weighted by Gasteiger charge is 2.29. The number of benzene rings is 1. The summed E-state index contributed by atoms with van der Waals surface area (Å²) in [5, 5.41) is 17.6. The molecule has 8 nitrogen and oxygen atoms in total. The van der Waals surface area contributed by atoms with Gasteiger partial charge in [-0.1, -0.05) is 6.07 Å². The first-order chi connectivity index (χ1) is 9.93. The van der Waals surface area contributed by atoms with Crippen molar-refractivity contribution in [2.45, 2.75) is 6.92 Å². The van der Waals surface area contributed by atoms with Crippen LogP contribution in [0.25, 0.3) is 0 Å². The number of anilines is 1. The van der Waals surface area contributed by atoms with Crippen LogP contribution >= 0.6 is 0 Å². The van der Waals surface area contributed by atoms with E-state index in [2.05, 4.69) is 10.4 Å². The molecule has 0 unspecified atom stereocenters. The third-order valence-electron chi connectivity index (χ3n) is 2.92. The predicted octanol–water partition coefficient (Wildman–Crippen LogP) is 1.90. The van der Waals surface area contributed by atoms with E-state index in [-0.39, 0.29) is 17.1 Å². The number of nitrogens with one attached hydrogen (secondary N) is 1. The summed E-state index contributed by atoms with van der Waals surface area (Å²) >= 11 is 0. The van der Waals surface area contributed by atoms with Crippen molar-refractivity contribution < 1.29 is 14.5 Å². The molecule has 1 N–H and O–H groups in total. The molecule has 0 atom stereocenters. The molecule has 0 radical (unpaired) electrons. The topological polar surface area (TPSA) is 99.3 Å². The van der Waals surface area contributed by atoms with Gasteiger partial charge in [-0.3, -0.25) is 19.6 Å². The number of carbonyl (C=O) groups excluding carboxylic acids is 1. The van der Waals surface area contributed by atoms with Gasteiger partial charge in [-0.15, -0.1) is 0 Å². The summed E-state index contributed by atoms with van der Waals surface area (Å²) in [7, 11) is 3.00. The number of rotatable bonds is 4. The van der Waals surface area contributed by atoms with Gasteiger partial charge in [0.05, 0.1) is 12.0 Å². The largest absolute Gasteiger partial charge is 0.497 e. The lowest BCUT2D eigenvalue weighted by Gasteiger charge is -2.06. The monoisotopic (exact) mass is 290 g/mol. The van der Waals surface area contributed by atoms with Crippen molar-refractivity contribution in [2.75, 3.05) is 12.4 Å². The van der Waals surface area contributed by atoms with Crippen LogP contribution in [0.4, 0.5) is 11.4 Å². The van der Waals surface area contributed by atoms with Gasteiger partial charge in [0.2, 0.25) is 5.69 Å². The molecular formula is C13H14N4O4. The standard InChI is InChI=1S/C13H14N4O4/c1-8-11(17(19)20)12(16(2)15-8)13(18)14-9-5-4-6-10(7-9)21-3/h4-7H,1-3H3,(H,14,18). The zero-order valence-corrected chi connectivity index (χ0v) is 11.8. The van der Waals surface area contributed by atoms with E-state index in [1.165, 1.54) is 25.8 Å². The minimum absolute atomic E-state index is 0.0969. The van der Waals surface area contributed by atoms with Crippen LogP contribution in [0.2, 0.25) is 0 Å². The van der Waals surface area contributed by atoms with E-state index >= 15 is 0 Å². The first-order valence-corrected chi connectivity index (χ1v) is 6.07. The highest BCUT2D eigenvalue weighted by Crippen LogP contribution is 2.24. The maximum atomic E-state index is 12.3. The van der Waals surface area contributed by atoms with E-state index in [1.807, 2.05) is 0 Å². The van der Waals surface area contributed by atoms with E-state index in [4.69, 9.17) is 4.74 Å². The summed E-state index contributed by atoms with van der Waals surface area (Å²) in [6, 6.07) is 6.71. The molecule has 1 aromatic heterocycles. The number of carbonyl (C=O) groups is 1. The smallest absolute Gasteiger partial charge is 0.322 e. The molecule has 1 amide bonds. The van der Waals surface area contributed by atoms with Gasteiger partial charge in [-0.2, -0.15) is 5.10 Å². The number of aryl methyl sites for hydroxylation is 2. The molecule has 1 aromatic carbocycles. The zero-order chi connectivity index (χ0) is 15.6. The third-order valence-corrected chi connectivity index (χ3v) is 2.92. The quantitative estimate of drug-likeness (QED) is 0.684. The minimum atomic E-state index is -0.608. The van der Waals surface area contributed by atoms with Crippen molar-refractivity contribution in [3.05, 3.63) is 45.8 Å². The van der Waals surface area contributed by atoms with E-state index < -0.39 is 10.8 Å². The average molecular weight is 290 g/mol. The van der Waals surface area contributed by atoms with Crippen LogP contribution in [0, 0.1) is 17.0 Å². The predicted molar refractivity (Wildman–Crippen MR) is 75.5 cm³/mol. The second-order valence-corrected chi connectivity index (χ2v) is 4.35. The lowest BCUT2D eigenvalue weighted by molar-refractivity contribution is -0.385. The molecular weight excluding hydrogens is 276 g/mol. The maximum Gasteiger partial charge on any atom is 0.322 e. The van der Waals surface area contributed by atoms with Crippen molar-refractivity contribution >= 4 is 17.3 Å². The second kappa shape index (κ2) is 5.61. The van der Waals surface area contributed by atoms with Crippen LogP contribution in [0.1, 0.15) is 16.2 Å². The maximum absolute atomic E-state index is 12.3. The number of aromatic nitrogens is 2. The van der Waals surface area contributed by atoms with Gasteiger partial charge >= 0.3 is 5.69 Å². The van der Waals surface area contributed by atoms with Gasteiger partial charge in [-0.05, 0) is 19.1 Å². The molecule has 8 heteroatoms. The fraction of sp³-hybridized carbons (Fsp3) is 0.231. The van der Waals surface area contributed by atoms with E-state index in [0.717, 1.165) is 0 Å². The molecule has 110 valence electrons.